The molecule has 0 bridgehead atoms. The largest absolute Gasteiger partial charge is 0.276 e. The Hall–Kier alpha value is -4.61. The van der Waals surface area contributed by atoms with Crippen LogP contribution < -0.4 is 5.43 Å². The molecule has 8 nitrogen and oxygen atoms in total. The van der Waals surface area contributed by atoms with Crippen molar-refractivity contribution >= 4 is 45.3 Å². The first kappa shape index (κ1) is 21.6. The van der Waals surface area contributed by atoms with E-state index in [4.69, 9.17) is 16.9 Å². The molecule has 9 heteroatoms. The van der Waals surface area contributed by atoms with Gasteiger partial charge in [0.15, 0.2) is 0 Å². The quantitative estimate of drug-likeness (QED) is 0.117. The van der Waals surface area contributed by atoms with E-state index in [9.17, 15) is 10.1 Å². The SMILES string of the molecule is N#Cc1ccc(C(N=Nc2cc(Cl)cc([N+](=O)[O-])c2)=NNc2ccc3ccccc3c2)cc1. The standard InChI is InChI=1S/C24H15ClN6O2/c25-20-12-22(14-23(13-20)31(32)33)28-30-24(18-7-5-16(15-26)6-8-18)29-27-21-10-9-17-3-1-2-4-19(17)11-21/h1-14,27H. The maximum atomic E-state index is 11.1. The highest BCUT2D eigenvalue weighted by Gasteiger charge is 2.10. The Morgan fingerprint density at radius 1 is 0.970 bits per heavy atom. The second kappa shape index (κ2) is 9.68. The molecule has 4 aromatic carbocycles. The number of rotatable bonds is 5. The van der Waals surface area contributed by atoms with Crippen LogP contribution >= 0.6 is 11.6 Å². The van der Waals surface area contributed by atoms with Crippen molar-refractivity contribution in [2.45, 2.75) is 0 Å². The third-order valence-corrected chi connectivity index (χ3v) is 4.87. The van der Waals surface area contributed by atoms with Gasteiger partial charge in [0, 0.05) is 22.7 Å². The molecule has 0 aliphatic heterocycles. The van der Waals surface area contributed by atoms with Gasteiger partial charge in [0.2, 0.25) is 5.84 Å². The summed E-state index contributed by atoms with van der Waals surface area (Å²) in [5, 5.41) is 35.1. The van der Waals surface area contributed by atoms with Gasteiger partial charge in [-0.3, -0.25) is 15.5 Å². The Morgan fingerprint density at radius 2 is 1.73 bits per heavy atom. The van der Waals surface area contributed by atoms with Gasteiger partial charge in [-0.15, -0.1) is 10.2 Å². The highest BCUT2D eigenvalue weighted by atomic mass is 35.5. The van der Waals surface area contributed by atoms with E-state index in [-0.39, 0.29) is 22.2 Å². The maximum absolute atomic E-state index is 11.1. The van der Waals surface area contributed by atoms with Crippen LogP contribution in [0.4, 0.5) is 17.1 Å². The first-order valence-electron chi connectivity index (χ1n) is 9.71. The fourth-order valence-corrected chi connectivity index (χ4v) is 3.27. The van der Waals surface area contributed by atoms with Crippen molar-refractivity contribution in [1.29, 1.82) is 5.26 Å². The highest BCUT2D eigenvalue weighted by Crippen LogP contribution is 2.26. The normalized spacial score (nSPS) is 11.5. The monoisotopic (exact) mass is 454 g/mol. The van der Waals surface area contributed by atoms with Crippen molar-refractivity contribution in [3.8, 4) is 6.07 Å². The number of nitrogens with one attached hydrogen (secondary N) is 1. The van der Waals surface area contributed by atoms with E-state index in [1.165, 1.54) is 18.2 Å². The summed E-state index contributed by atoms with van der Waals surface area (Å²) in [7, 11) is 0. The number of hydrogen-bond acceptors (Lipinski definition) is 6. The Kier molecular flexibility index (Phi) is 6.34. The molecule has 1 N–H and O–H groups in total. The molecule has 0 atom stereocenters. The predicted octanol–water partition coefficient (Wildman–Crippen LogP) is 6.83. The van der Waals surface area contributed by atoms with Crippen LogP contribution in [-0.4, -0.2) is 10.8 Å². The molecule has 33 heavy (non-hydrogen) atoms. The molecular weight excluding hydrogens is 440 g/mol. The van der Waals surface area contributed by atoms with Crippen molar-refractivity contribution in [3.05, 3.63) is 111 Å². The minimum absolute atomic E-state index is 0.171. The lowest BCUT2D eigenvalue weighted by Crippen LogP contribution is -2.01. The lowest BCUT2D eigenvalue weighted by molar-refractivity contribution is -0.384. The molecule has 0 aromatic heterocycles. The molecule has 0 fully saturated rings. The molecule has 0 radical (unpaired) electrons. The average molecular weight is 455 g/mol. The first-order valence-corrected chi connectivity index (χ1v) is 10.1. The zero-order valence-corrected chi connectivity index (χ0v) is 17.8. The summed E-state index contributed by atoms with van der Waals surface area (Å²) in [6.07, 6.45) is 0. The molecule has 0 saturated carbocycles. The number of halogens is 1. The number of fused-ring (bicyclic) bond motifs is 1. The Morgan fingerprint density at radius 3 is 2.45 bits per heavy atom. The smallest absolute Gasteiger partial charge is 0.273 e. The van der Waals surface area contributed by atoms with Crippen molar-refractivity contribution < 1.29 is 4.92 Å². The topological polar surface area (TPSA) is 116 Å². The number of nitro groups is 1. The van der Waals surface area contributed by atoms with E-state index in [1.807, 2.05) is 42.5 Å². The number of hydrazone groups is 1. The highest BCUT2D eigenvalue weighted by molar-refractivity contribution is 6.31. The summed E-state index contributed by atoms with van der Waals surface area (Å²) < 4.78 is 0. The van der Waals surface area contributed by atoms with Crippen molar-refractivity contribution in [2.75, 3.05) is 5.43 Å². The molecule has 0 spiro atoms. The third kappa shape index (κ3) is 5.36. The fourth-order valence-electron chi connectivity index (χ4n) is 3.04. The van der Waals surface area contributed by atoms with Gasteiger partial charge >= 0.3 is 0 Å². The lowest BCUT2D eigenvalue weighted by Gasteiger charge is -2.05. The van der Waals surface area contributed by atoms with E-state index in [0.29, 0.717) is 11.1 Å². The van der Waals surface area contributed by atoms with E-state index in [0.717, 1.165) is 16.5 Å². The summed E-state index contributed by atoms with van der Waals surface area (Å²) in [6.45, 7) is 0. The predicted molar refractivity (Wildman–Crippen MR) is 128 cm³/mol. The molecule has 4 rings (SSSR count). The molecule has 0 amide bonds. The number of nitriles is 1. The van der Waals surface area contributed by atoms with Crippen LogP contribution in [-0.2, 0) is 0 Å². The third-order valence-electron chi connectivity index (χ3n) is 4.65. The molecule has 160 valence electrons. The summed E-state index contributed by atoms with van der Waals surface area (Å²) in [5.74, 6) is 0.218. The van der Waals surface area contributed by atoms with Crippen molar-refractivity contribution in [3.63, 3.8) is 0 Å². The number of hydrogen-bond donors (Lipinski definition) is 1. The molecule has 0 unspecified atom stereocenters. The zero-order chi connectivity index (χ0) is 23.2. The first-order chi connectivity index (χ1) is 16.0. The van der Waals surface area contributed by atoms with Gasteiger partial charge in [0.05, 0.1) is 27.9 Å². The van der Waals surface area contributed by atoms with Crippen LogP contribution in [0.25, 0.3) is 10.8 Å². The molecule has 0 aliphatic rings. The number of nitro benzene ring substituents is 1. The minimum Gasteiger partial charge on any atom is -0.276 e. The zero-order valence-electron chi connectivity index (χ0n) is 17.0. The molecule has 0 saturated heterocycles. The number of azo groups is 1. The minimum atomic E-state index is -0.554. The second-order valence-electron chi connectivity index (χ2n) is 6.92. The van der Waals surface area contributed by atoms with Crippen LogP contribution in [0, 0.1) is 21.4 Å². The number of nitrogens with zero attached hydrogens (tertiary/aromatic N) is 5. The van der Waals surface area contributed by atoms with E-state index < -0.39 is 4.92 Å². The van der Waals surface area contributed by atoms with Crippen LogP contribution in [0.2, 0.25) is 5.02 Å². The van der Waals surface area contributed by atoms with Gasteiger partial charge in [-0.2, -0.15) is 10.4 Å². The number of anilines is 1. The van der Waals surface area contributed by atoms with E-state index in [2.05, 4.69) is 26.8 Å². The van der Waals surface area contributed by atoms with Crippen LogP contribution in [0.3, 0.4) is 0 Å². The summed E-state index contributed by atoms with van der Waals surface area (Å²) in [5.41, 5.74) is 4.83. The molecule has 0 aliphatic carbocycles. The number of benzene rings is 4. The van der Waals surface area contributed by atoms with Gasteiger partial charge in [-0.1, -0.05) is 41.9 Å². The maximum Gasteiger partial charge on any atom is 0.273 e. The van der Waals surface area contributed by atoms with Gasteiger partial charge in [-0.05, 0) is 53.2 Å². The molecule has 0 heterocycles. The van der Waals surface area contributed by atoms with Gasteiger partial charge in [0.1, 0.15) is 0 Å². The van der Waals surface area contributed by atoms with Gasteiger partial charge in [-0.25, -0.2) is 0 Å². The van der Waals surface area contributed by atoms with E-state index in [1.54, 1.807) is 24.3 Å². The lowest BCUT2D eigenvalue weighted by atomic mass is 10.1. The van der Waals surface area contributed by atoms with Crippen molar-refractivity contribution in [1.82, 2.24) is 0 Å². The van der Waals surface area contributed by atoms with Crippen LogP contribution in [0.5, 0.6) is 0 Å². The molecule has 4 aromatic rings. The van der Waals surface area contributed by atoms with Crippen LogP contribution in [0.15, 0.2) is 100 Å². The number of non-ortho nitro benzene ring substituents is 1. The average Bonchev–Trinajstić information content (AvgIpc) is 2.83. The van der Waals surface area contributed by atoms with Gasteiger partial charge < -0.3 is 0 Å². The fraction of sp³-hybridized carbons (Fsp3) is 0. The van der Waals surface area contributed by atoms with Crippen LogP contribution in [0.1, 0.15) is 11.1 Å². The summed E-state index contributed by atoms with van der Waals surface area (Å²) >= 11 is 5.97. The Bertz CT molecular complexity index is 1440. The Labute approximate surface area is 193 Å². The molecular formula is C24H15ClN6O2. The summed E-state index contributed by atoms with van der Waals surface area (Å²) in [4.78, 5) is 10.5. The second-order valence-corrected chi connectivity index (χ2v) is 7.36. The summed E-state index contributed by atoms with van der Waals surface area (Å²) in [6, 6.07) is 26.4. The van der Waals surface area contributed by atoms with Gasteiger partial charge in [0.25, 0.3) is 5.69 Å². The Balaban J connectivity index is 1.68. The van der Waals surface area contributed by atoms with Crippen molar-refractivity contribution in [2.24, 2.45) is 15.3 Å². The number of amidine groups is 1. The van der Waals surface area contributed by atoms with E-state index >= 15 is 0 Å².